The Morgan fingerprint density at radius 3 is 2.26 bits per heavy atom. The minimum atomic E-state index is -4.56. The lowest BCUT2D eigenvalue weighted by molar-refractivity contribution is -0.137. The van der Waals surface area contributed by atoms with E-state index in [-0.39, 0.29) is 16.8 Å². The van der Waals surface area contributed by atoms with E-state index in [0.717, 1.165) is 16.8 Å². The quantitative estimate of drug-likeness (QED) is 0.361. The summed E-state index contributed by atoms with van der Waals surface area (Å²) in [6.07, 6.45) is -3.22. The van der Waals surface area contributed by atoms with E-state index < -0.39 is 17.3 Å². The van der Waals surface area contributed by atoms with Crippen LogP contribution in [-0.4, -0.2) is 37.2 Å². The van der Waals surface area contributed by atoms with Gasteiger partial charge in [-0.2, -0.15) is 22.9 Å². The number of benzene rings is 3. The molecule has 1 heterocycles. The molecule has 4 aromatic rings. The summed E-state index contributed by atoms with van der Waals surface area (Å²) in [5.74, 6) is 1.16. The smallest absolute Gasteiger partial charge is 0.416 e. The molecule has 7 nitrogen and oxygen atoms in total. The van der Waals surface area contributed by atoms with E-state index in [1.165, 1.54) is 39.7 Å². The Balaban J connectivity index is 1.94. The first-order valence-electron chi connectivity index (χ1n) is 10.3. The Bertz CT molecular complexity index is 1480. The van der Waals surface area contributed by atoms with E-state index in [1.807, 2.05) is 0 Å². The highest BCUT2D eigenvalue weighted by Crippen LogP contribution is 2.34. The van der Waals surface area contributed by atoms with Crippen molar-refractivity contribution < 1.29 is 27.4 Å². The van der Waals surface area contributed by atoms with Crippen molar-refractivity contribution in [2.24, 2.45) is 5.10 Å². The third-order valence-corrected chi connectivity index (χ3v) is 5.25. The lowest BCUT2D eigenvalue weighted by Gasteiger charge is -2.13. The minimum Gasteiger partial charge on any atom is -0.496 e. The van der Waals surface area contributed by atoms with Gasteiger partial charge in [0.05, 0.1) is 44.0 Å². The van der Waals surface area contributed by atoms with E-state index in [1.54, 1.807) is 36.4 Å². The van der Waals surface area contributed by atoms with Gasteiger partial charge in [-0.15, -0.1) is 0 Å². The molecular weight excluding hydrogens is 463 g/mol. The number of para-hydroxylation sites is 1. The van der Waals surface area contributed by atoms with Gasteiger partial charge in [-0.1, -0.05) is 24.3 Å². The Hall–Kier alpha value is -4.34. The van der Waals surface area contributed by atoms with Crippen LogP contribution in [0.5, 0.6) is 17.2 Å². The first kappa shape index (κ1) is 23.8. The Labute approximate surface area is 198 Å². The Morgan fingerprint density at radius 1 is 0.886 bits per heavy atom. The highest BCUT2D eigenvalue weighted by molar-refractivity contribution is 5.86. The van der Waals surface area contributed by atoms with E-state index in [0.29, 0.717) is 28.3 Å². The molecule has 3 aromatic carbocycles. The van der Waals surface area contributed by atoms with E-state index in [9.17, 15) is 18.0 Å². The Kier molecular flexibility index (Phi) is 6.46. The molecule has 0 spiro atoms. The summed E-state index contributed by atoms with van der Waals surface area (Å²) in [6.45, 7) is 0. The molecule has 1 aromatic heterocycles. The molecule has 0 N–H and O–H groups in total. The number of nitrogens with zero attached hydrogens (tertiary/aromatic N) is 3. The van der Waals surface area contributed by atoms with Crippen molar-refractivity contribution in [3.05, 3.63) is 82.1 Å². The van der Waals surface area contributed by atoms with Crippen LogP contribution in [0.15, 0.2) is 70.6 Å². The lowest BCUT2D eigenvalue weighted by Crippen LogP contribution is -2.20. The zero-order valence-corrected chi connectivity index (χ0v) is 19.0. The topological polar surface area (TPSA) is 74.9 Å². The summed E-state index contributed by atoms with van der Waals surface area (Å²) in [5, 5.41) is 4.56. The molecule has 0 unspecified atom stereocenters. The fourth-order valence-corrected chi connectivity index (χ4v) is 3.53. The second kappa shape index (κ2) is 9.49. The summed E-state index contributed by atoms with van der Waals surface area (Å²) in [6, 6.07) is 14.3. The highest BCUT2D eigenvalue weighted by Gasteiger charge is 2.31. The molecule has 35 heavy (non-hydrogen) atoms. The number of hydrogen-bond donors (Lipinski definition) is 0. The molecule has 0 aliphatic carbocycles. The summed E-state index contributed by atoms with van der Waals surface area (Å²) in [4.78, 5) is 17.8. The third-order valence-electron chi connectivity index (χ3n) is 5.25. The van der Waals surface area contributed by atoms with Crippen LogP contribution in [0.2, 0.25) is 0 Å². The number of hydrogen-bond acceptors (Lipinski definition) is 6. The predicted octanol–water partition coefficient (Wildman–Crippen LogP) is 4.99. The SMILES string of the molecule is COc1cc(OC)c(OC)cc1C=Nn1c(-c2cccc(C(F)(F)F)c2)nc2ccccc2c1=O. The molecule has 0 saturated carbocycles. The number of aromatic nitrogens is 2. The molecule has 4 rings (SSSR count). The zero-order chi connectivity index (χ0) is 25.2. The van der Waals surface area contributed by atoms with Crippen LogP contribution in [0, 0.1) is 0 Å². The largest absolute Gasteiger partial charge is 0.496 e. The zero-order valence-electron chi connectivity index (χ0n) is 19.0. The minimum absolute atomic E-state index is 0.0458. The van der Waals surface area contributed by atoms with Gasteiger partial charge >= 0.3 is 6.18 Å². The molecule has 180 valence electrons. The monoisotopic (exact) mass is 483 g/mol. The van der Waals surface area contributed by atoms with E-state index in [2.05, 4.69) is 10.1 Å². The summed E-state index contributed by atoms with van der Waals surface area (Å²) >= 11 is 0. The van der Waals surface area contributed by atoms with Crippen LogP contribution in [0.4, 0.5) is 13.2 Å². The average molecular weight is 483 g/mol. The van der Waals surface area contributed by atoms with Crippen LogP contribution in [0.3, 0.4) is 0 Å². The molecule has 0 saturated heterocycles. The molecule has 0 aliphatic heterocycles. The fraction of sp³-hybridized carbons (Fsp3) is 0.160. The van der Waals surface area contributed by atoms with Gasteiger partial charge in [0.1, 0.15) is 5.75 Å². The normalized spacial score (nSPS) is 11.7. The van der Waals surface area contributed by atoms with Gasteiger partial charge in [0, 0.05) is 17.2 Å². The van der Waals surface area contributed by atoms with E-state index >= 15 is 0 Å². The van der Waals surface area contributed by atoms with Crippen molar-refractivity contribution >= 4 is 17.1 Å². The second-order valence-corrected chi connectivity index (χ2v) is 7.34. The number of fused-ring (bicyclic) bond motifs is 1. The number of alkyl halides is 3. The molecule has 0 bridgehead atoms. The molecular formula is C25H20F3N3O4. The van der Waals surface area contributed by atoms with E-state index in [4.69, 9.17) is 14.2 Å². The summed E-state index contributed by atoms with van der Waals surface area (Å²) in [5.41, 5.74) is -0.549. The van der Waals surface area contributed by atoms with Crippen molar-refractivity contribution in [2.45, 2.75) is 6.18 Å². The summed E-state index contributed by atoms with van der Waals surface area (Å²) in [7, 11) is 4.40. The first-order chi connectivity index (χ1) is 16.8. The van der Waals surface area contributed by atoms with Crippen LogP contribution in [0.25, 0.3) is 22.3 Å². The maximum atomic E-state index is 13.3. The number of methoxy groups -OCH3 is 3. The standard InChI is InChI=1S/C25H20F3N3O4/c1-33-20-13-22(35-3)21(34-2)12-16(20)14-29-31-23(15-7-6-8-17(11-15)25(26,27)28)30-19-10-5-4-9-18(19)24(31)32/h4-14H,1-3H3. The lowest BCUT2D eigenvalue weighted by atomic mass is 10.1. The maximum absolute atomic E-state index is 13.3. The first-order valence-corrected chi connectivity index (χ1v) is 10.3. The Morgan fingerprint density at radius 2 is 1.57 bits per heavy atom. The number of ether oxygens (including phenoxy) is 3. The predicted molar refractivity (Wildman–Crippen MR) is 126 cm³/mol. The van der Waals surface area contributed by atoms with Gasteiger partial charge in [-0.05, 0) is 30.3 Å². The average Bonchev–Trinajstić information content (AvgIpc) is 2.87. The van der Waals surface area contributed by atoms with Crippen LogP contribution >= 0.6 is 0 Å². The molecule has 0 aliphatic rings. The van der Waals surface area contributed by atoms with Crippen molar-refractivity contribution in [3.8, 4) is 28.6 Å². The van der Waals surface area contributed by atoms with Gasteiger partial charge in [0.2, 0.25) is 0 Å². The molecule has 10 heteroatoms. The van der Waals surface area contributed by atoms with Crippen molar-refractivity contribution in [1.29, 1.82) is 0 Å². The molecule has 0 amide bonds. The molecule has 0 radical (unpaired) electrons. The van der Waals surface area contributed by atoms with Crippen molar-refractivity contribution in [1.82, 2.24) is 9.66 Å². The van der Waals surface area contributed by atoms with Crippen LogP contribution in [0.1, 0.15) is 11.1 Å². The van der Waals surface area contributed by atoms with Gasteiger partial charge in [0.15, 0.2) is 17.3 Å². The maximum Gasteiger partial charge on any atom is 0.416 e. The molecule has 0 fully saturated rings. The van der Waals surface area contributed by atoms with Crippen molar-refractivity contribution in [2.75, 3.05) is 21.3 Å². The fourth-order valence-electron chi connectivity index (χ4n) is 3.53. The second-order valence-electron chi connectivity index (χ2n) is 7.34. The van der Waals surface area contributed by atoms with Gasteiger partial charge in [0.25, 0.3) is 5.56 Å². The number of halogens is 3. The van der Waals surface area contributed by atoms with Crippen molar-refractivity contribution in [3.63, 3.8) is 0 Å². The summed E-state index contributed by atoms with van der Waals surface area (Å²) < 4.78 is 57.0. The highest BCUT2D eigenvalue weighted by atomic mass is 19.4. The van der Waals surface area contributed by atoms with Gasteiger partial charge in [-0.3, -0.25) is 4.79 Å². The molecule has 0 atom stereocenters. The van der Waals surface area contributed by atoms with Gasteiger partial charge in [-0.25, -0.2) is 4.98 Å². The van der Waals surface area contributed by atoms with Crippen LogP contribution < -0.4 is 19.8 Å². The van der Waals surface area contributed by atoms with Crippen LogP contribution in [-0.2, 0) is 6.18 Å². The third kappa shape index (κ3) is 4.68. The number of rotatable bonds is 6. The van der Waals surface area contributed by atoms with Gasteiger partial charge < -0.3 is 14.2 Å².